The summed E-state index contributed by atoms with van der Waals surface area (Å²) >= 11 is 0. The maximum absolute atomic E-state index is 13.5. The molecule has 1 rings (SSSR count). The molecule has 2 unspecified atom stereocenters. The normalized spacial score (nSPS) is 33.8. The molecule has 1 saturated heterocycles. The zero-order valence-electron chi connectivity index (χ0n) is 9.13. The zero-order valence-corrected chi connectivity index (χ0v) is 9.13. The largest absolute Gasteiger partial charge is 0.478 e. The van der Waals surface area contributed by atoms with E-state index in [9.17, 15) is 39.5 Å². The summed E-state index contributed by atoms with van der Waals surface area (Å²) in [6.45, 7) is -1.79. The standard InChI is InChI=1S/C8H7F9O2/c1-2-4(9,10)6(12,13)5(11)3-18-8(17,19-5)7(14,15)16/h2-3H2,1H3. The number of hydrogen-bond donors (Lipinski definition) is 0. The van der Waals surface area contributed by atoms with E-state index in [2.05, 4.69) is 9.47 Å². The van der Waals surface area contributed by atoms with Gasteiger partial charge in [-0.3, -0.25) is 4.74 Å². The summed E-state index contributed by atoms with van der Waals surface area (Å²) < 4.78 is 121. The summed E-state index contributed by atoms with van der Waals surface area (Å²) in [7, 11) is 0. The van der Waals surface area contributed by atoms with Gasteiger partial charge in [0, 0.05) is 6.42 Å². The first kappa shape index (κ1) is 16.3. The fourth-order valence-corrected chi connectivity index (χ4v) is 1.24. The Morgan fingerprint density at radius 1 is 1.00 bits per heavy atom. The number of alkyl halides is 9. The van der Waals surface area contributed by atoms with Crippen LogP contribution >= 0.6 is 0 Å². The summed E-state index contributed by atoms with van der Waals surface area (Å²) in [5.74, 6) is -15.7. The highest BCUT2D eigenvalue weighted by atomic mass is 19.4. The average molecular weight is 306 g/mol. The lowest BCUT2D eigenvalue weighted by Gasteiger charge is -2.33. The van der Waals surface area contributed by atoms with Gasteiger partial charge in [-0.05, 0) is 0 Å². The van der Waals surface area contributed by atoms with Crippen molar-refractivity contribution in [2.75, 3.05) is 6.61 Å². The molecule has 0 saturated carbocycles. The summed E-state index contributed by atoms with van der Waals surface area (Å²) in [6, 6.07) is -5.20. The van der Waals surface area contributed by atoms with Crippen molar-refractivity contribution in [3.05, 3.63) is 0 Å². The molecular weight excluding hydrogens is 299 g/mol. The Balaban J connectivity index is 3.10. The molecule has 0 aromatic heterocycles. The topological polar surface area (TPSA) is 18.5 Å². The van der Waals surface area contributed by atoms with Gasteiger partial charge in [-0.25, -0.2) is 4.39 Å². The Kier molecular flexibility index (Phi) is 3.56. The molecule has 0 spiro atoms. The lowest BCUT2D eigenvalue weighted by Crippen LogP contribution is -2.58. The summed E-state index contributed by atoms with van der Waals surface area (Å²) in [5.41, 5.74) is 0. The van der Waals surface area contributed by atoms with Crippen LogP contribution in [-0.2, 0) is 9.47 Å². The van der Waals surface area contributed by atoms with Crippen LogP contribution in [0.5, 0.6) is 0 Å². The molecule has 2 nitrogen and oxygen atoms in total. The van der Waals surface area contributed by atoms with Crippen molar-refractivity contribution >= 4 is 0 Å². The van der Waals surface area contributed by atoms with Crippen LogP contribution in [0.2, 0.25) is 0 Å². The van der Waals surface area contributed by atoms with Gasteiger partial charge >= 0.3 is 29.9 Å². The van der Waals surface area contributed by atoms with Crippen LogP contribution in [0.4, 0.5) is 39.5 Å². The summed E-state index contributed by atoms with van der Waals surface area (Å²) in [5, 5.41) is 0. The molecule has 0 aliphatic carbocycles. The minimum absolute atomic E-state index is 0.541. The predicted octanol–water partition coefficient (Wildman–Crippen LogP) is 3.57. The van der Waals surface area contributed by atoms with Gasteiger partial charge in [0.15, 0.2) is 0 Å². The smallest absolute Gasteiger partial charge is 0.310 e. The van der Waals surface area contributed by atoms with Gasteiger partial charge in [0.1, 0.15) is 6.61 Å². The van der Waals surface area contributed by atoms with Crippen LogP contribution < -0.4 is 0 Å². The summed E-state index contributed by atoms with van der Waals surface area (Å²) in [4.78, 5) is 0. The fraction of sp³-hybridized carbons (Fsp3) is 1.00. The van der Waals surface area contributed by atoms with Crippen LogP contribution in [0.15, 0.2) is 0 Å². The lowest BCUT2D eigenvalue weighted by atomic mass is 10.0. The molecule has 19 heavy (non-hydrogen) atoms. The van der Waals surface area contributed by atoms with E-state index in [1.807, 2.05) is 0 Å². The van der Waals surface area contributed by atoms with Gasteiger partial charge in [-0.1, -0.05) is 6.92 Å². The molecule has 1 heterocycles. The number of hydrogen-bond acceptors (Lipinski definition) is 2. The highest BCUT2D eigenvalue weighted by molar-refractivity contribution is 5.00. The highest BCUT2D eigenvalue weighted by Gasteiger charge is 2.79. The molecule has 0 radical (unpaired) electrons. The van der Waals surface area contributed by atoms with Gasteiger partial charge in [-0.15, -0.1) is 0 Å². The quantitative estimate of drug-likeness (QED) is 0.742. The maximum Gasteiger partial charge on any atom is 0.478 e. The Labute approximate surface area is 100 Å². The molecule has 1 aliphatic heterocycles. The van der Waals surface area contributed by atoms with Crippen molar-refractivity contribution in [2.45, 2.75) is 43.3 Å². The Morgan fingerprint density at radius 3 is 1.79 bits per heavy atom. The molecule has 0 aromatic carbocycles. The molecular formula is C8H7F9O2. The summed E-state index contributed by atoms with van der Waals surface area (Å²) in [6.07, 6.45) is -7.61. The first-order valence-electron chi connectivity index (χ1n) is 4.77. The number of halogens is 9. The van der Waals surface area contributed by atoms with Crippen LogP contribution in [0, 0.1) is 0 Å². The van der Waals surface area contributed by atoms with Crippen molar-refractivity contribution in [2.24, 2.45) is 0 Å². The maximum atomic E-state index is 13.5. The Morgan fingerprint density at radius 2 is 1.47 bits per heavy atom. The van der Waals surface area contributed by atoms with Crippen molar-refractivity contribution in [3.63, 3.8) is 0 Å². The molecule has 1 aliphatic rings. The number of rotatable bonds is 3. The van der Waals surface area contributed by atoms with E-state index in [1.165, 1.54) is 0 Å². The van der Waals surface area contributed by atoms with E-state index < -0.39 is 42.9 Å². The van der Waals surface area contributed by atoms with Gasteiger partial charge in [0.2, 0.25) is 0 Å². The second-order valence-corrected chi connectivity index (χ2v) is 3.79. The minimum Gasteiger partial charge on any atom is -0.310 e. The number of ether oxygens (including phenoxy) is 2. The van der Waals surface area contributed by atoms with Gasteiger partial charge < -0.3 is 4.74 Å². The van der Waals surface area contributed by atoms with E-state index in [-0.39, 0.29) is 0 Å². The van der Waals surface area contributed by atoms with E-state index in [1.54, 1.807) is 0 Å². The molecule has 0 N–H and O–H groups in total. The Bertz CT molecular complexity index is 355. The van der Waals surface area contributed by atoms with Crippen LogP contribution in [0.3, 0.4) is 0 Å². The SMILES string of the molecule is CCC(F)(F)C(F)(F)C1(F)COC(F)(C(F)(F)F)O1. The van der Waals surface area contributed by atoms with Crippen LogP contribution in [-0.4, -0.2) is 36.5 Å². The van der Waals surface area contributed by atoms with E-state index in [4.69, 9.17) is 0 Å². The third-order valence-corrected chi connectivity index (χ3v) is 2.45. The van der Waals surface area contributed by atoms with Gasteiger partial charge in [0.25, 0.3) is 0 Å². The fourth-order valence-electron chi connectivity index (χ4n) is 1.24. The molecule has 0 amide bonds. The third-order valence-electron chi connectivity index (χ3n) is 2.45. The molecule has 2 atom stereocenters. The van der Waals surface area contributed by atoms with E-state index in [0.29, 0.717) is 6.92 Å². The first-order valence-corrected chi connectivity index (χ1v) is 4.77. The van der Waals surface area contributed by atoms with Gasteiger partial charge in [-0.2, -0.15) is 35.1 Å². The zero-order chi connectivity index (χ0) is 15.3. The second-order valence-electron chi connectivity index (χ2n) is 3.79. The highest BCUT2D eigenvalue weighted by Crippen LogP contribution is 2.54. The van der Waals surface area contributed by atoms with Crippen molar-refractivity contribution < 1.29 is 49.0 Å². The van der Waals surface area contributed by atoms with Crippen molar-refractivity contribution in [1.82, 2.24) is 0 Å². The molecule has 1 fully saturated rings. The van der Waals surface area contributed by atoms with Crippen molar-refractivity contribution in [1.29, 1.82) is 0 Å². The second kappa shape index (κ2) is 4.14. The van der Waals surface area contributed by atoms with Crippen LogP contribution in [0.25, 0.3) is 0 Å². The van der Waals surface area contributed by atoms with E-state index >= 15 is 0 Å². The monoisotopic (exact) mass is 306 g/mol. The lowest BCUT2D eigenvalue weighted by molar-refractivity contribution is -0.441. The molecule has 0 bridgehead atoms. The molecule has 114 valence electrons. The minimum atomic E-state index is -6.02. The van der Waals surface area contributed by atoms with Crippen LogP contribution in [0.1, 0.15) is 13.3 Å². The van der Waals surface area contributed by atoms with E-state index in [0.717, 1.165) is 0 Å². The van der Waals surface area contributed by atoms with Gasteiger partial charge in [0.05, 0.1) is 0 Å². The molecule has 0 aromatic rings. The third kappa shape index (κ3) is 2.26. The Hall–Kier alpha value is -0.710. The first-order chi connectivity index (χ1) is 8.22. The molecule has 11 heteroatoms. The van der Waals surface area contributed by atoms with Crippen molar-refractivity contribution in [3.8, 4) is 0 Å². The average Bonchev–Trinajstić information content (AvgIpc) is 2.57. The predicted molar refractivity (Wildman–Crippen MR) is 41.0 cm³/mol.